The summed E-state index contributed by atoms with van der Waals surface area (Å²) in [6.45, 7) is 1.27. The highest BCUT2D eigenvalue weighted by molar-refractivity contribution is 5.85. The van der Waals surface area contributed by atoms with Gasteiger partial charge in [-0.05, 0) is 43.5 Å². The Morgan fingerprint density at radius 3 is 2.50 bits per heavy atom. The first-order valence-corrected chi connectivity index (χ1v) is 6.87. The van der Waals surface area contributed by atoms with Crippen molar-refractivity contribution in [2.24, 2.45) is 5.73 Å². The van der Waals surface area contributed by atoms with E-state index in [-0.39, 0.29) is 18.3 Å². The van der Waals surface area contributed by atoms with Gasteiger partial charge in [-0.25, -0.2) is 0 Å². The molecule has 112 valence electrons. The first-order valence-electron chi connectivity index (χ1n) is 6.87. The summed E-state index contributed by atoms with van der Waals surface area (Å²) >= 11 is 0. The molecule has 2 rings (SSSR count). The van der Waals surface area contributed by atoms with Gasteiger partial charge in [0.05, 0.1) is 7.11 Å². The fraction of sp³-hybridized carbons (Fsp3) is 0.533. The first kappa shape index (κ1) is 16.8. The van der Waals surface area contributed by atoms with Crippen LogP contribution in [0.4, 0.5) is 0 Å². The van der Waals surface area contributed by atoms with Crippen LogP contribution in [0, 0.1) is 0 Å². The maximum absolute atomic E-state index is 12.2. The minimum absolute atomic E-state index is 0. The quantitative estimate of drug-likeness (QED) is 0.840. The third-order valence-corrected chi connectivity index (χ3v) is 3.41. The van der Waals surface area contributed by atoms with Crippen LogP contribution in [0.3, 0.4) is 0 Å². The van der Waals surface area contributed by atoms with Gasteiger partial charge in [0.15, 0.2) is 0 Å². The second kappa shape index (κ2) is 8.12. The van der Waals surface area contributed by atoms with Crippen LogP contribution in [0.15, 0.2) is 24.3 Å². The molecule has 1 saturated carbocycles. The first-order chi connectivity index (χ1) is 9.24. The highest BCUT2D eigenvalue weighted by Crippen LogP contribution is 2.29. The summed E-state index contributed by atoms with van der Waals surface area (Å²) in [7, 11) is 1.65. The van der Waals surface area contributed by atoms with Crippen molar-refractivity contribution in [3.8, 4) is 5.75 Å². The standard InChI is InChI=1S/C15H22N2O2.ClH/c1-19-14-8-4-12(5-9-14)11-17(13-6-7-13)15(18)3-2-10-16;/h4-5,8-9,13H,2-3,6-7,10-11,16H2,1H3;1H. The van der Waals surface area contributed by atoms with Gasteiger partial charge in [-0.3, -0.25) is 4.79 Å². The van der Waals surface area contributed by atoms with E-state index in [4.69, 9.17) is 10.5 Å². The molecule has 0 heterocycles. The topological polar surface area (TPSA) is 55.6 Å². The normalized spacial score (nSPS) is 13.5. The van der Waals surface area contributed by atoms with E-state index >= 15 is 0 Å². The number of nitrogens with two attached hydrogens (primary N) is 1. The van der Waals surface area contributed by atoms with E-state index < -0.39 is 0 Å². The summed E-state index contributed by atoms with van der Waals surface area (Å²) in [5.74, 6) is 1.07. The molecule has 0 atom stereocenters. The molecule has 4 nitrogen and oxygen atoms in total. The Labute approximate surface area is 126 Å². The Morgan fingerprint density at radius 2 is 2.00 bits per heavy atom. The largest absolute Gasteiger partial charge is 0.497 e. The highest BCUT2D eigenvalue weighted by atomic mass is 35.5. The number of hydrogen-bond donors (Lipinski definition) is 1. The van der Waals surface area contributed by atoms with Gasteiger partial charge in [0.25, 0.3) is 0 Å². The Hall–Kier alpha value is -1.26. The molecule has 0 aliphatic heterocycles. The second-order valence-electron chi connectivity index (χ2n) is 4.99. The second-order valence-corrected chi connectivity index (χ2v) is 4.99. The van der Waals surface area contributed by atoms with Gasteiger partial charge in [0.2, 0.25) is 5.91 Å². The van der Waals surface area contributed by atoms with E-state index in [1.165, 1.54) is 0 Å². The van der Waals surface area contributed by atoms with Crippen LogP contribution >= 0.6 is 12.4 Å². The molecule has 1 aliphatic rings. The molecule has 0 bridgehead atoms. The van der Waals surface area contributed by atoms with E-state index in [1.54, 1.807) is 7.11 Å². The van der Waals surface area contributed by atoms with E-state index in [0.29, 0.717) is 25.6 Å². The SMILES string of the molecule is COc1ccc(CN(C(=O)CCCN)C2CC2)cc1.Cl. The molecule has 5 heteroatoms. The molecular weight excluding hydrogens is 276 g/mol. The van der Waals surface area contributed by atoms with Crippen molar-refractivity contribution in [1.82, 2.24) is 4.90 Å². The maximum atomic E-state index is 12.2. The monoisotopic (exact) mass is 298 g/mol. The molecule has 0 aromatic heterocycles. The number of rotatable bonds is 7. The number of halogens is 1. The van der Waals surface area contributed by atoms with Crippen LogP contribution in [0.25, 0.3) is 0 Å². The van der Waals surface area contributed by atoms with Crippen LogP contribution in [-0.2, 0) is 11.3 Å². The lowest BCUT2D eigenvalue weighted by atomic mass is 10.2. The summed E-state index contributed by atoms with van der Waals surface area (Å²) in [5.41, 5.74) is 6.62. The minimum Gasteiger partial charge on any atom is -0.497 e. The Bertz CT molecular complexity index is 418. The van der Waals surface area contributed by atoms with Crippen molar-refractivity contribution >= 4 is 18.3 Å². The molecule has 1 aliphatic carbocycles. The molecule has 20 heavy (non-hydrogen) atoms. The zero-order chi connectivity index (χ0) is 13.7. The zero-order valence-electron chi connectivity index (χ0n) is 11.9. The predicted molar refractivity (Wildman–Crippen MR) is 82.1 cm³/mol. The molecule has 0 spiro atoms. The van der Waals surface area contributed by atoms with E-state index in [0.717, 1.165) is 30.6 Å². The Morgan fingerprint density at radius 1 is 1.35 bits per heavy atom. The number of hydrogen-bond acceptors (Lipinski definition) is 3. The molecule has 2 N–H and O–H groups in total. The van der Waals surface area contributed by atoms with Crippen LogP contribution in [0.5, 0.6) is 5.75 Å². The number of ether oxygens (including phenoxy) is 1. The van der Waals surface area contributed by atoms with Gasteiger partial charge in [-0.2, -0.15) is 0 Å². The van der Waals surface area contributed by atoms with Crippen molar-refractivity contribution in [3.63, 3.8) is 0 Å². The van der Waals surface area contributed by atoms with Crippen molar-refractivity contribution in [3.05, 3.63) is 29.8 Å². The minimum atomic E-state index is 0. The average Bonchev–Trinajstić information content (AvgIpc) is 3.27. The summed E-state index contributed by atoms with van der Waals surface area (Å²) in [6, 6.07) is 8.34. The maximum Gasteiger partial charge on any atom is 0.223 e. The molecule has 1 aromatic rings. The molecule has 1 aromatic carbocycles. The van der Waals surface area contributed by atoms with Crippen LogP contribution in [0.1, 0.15) is 31.2 Å². The molecule has 1 amide bonds. The molecule has 0 unspecified atom stereocenters. The van der Waals surface area contributed by atoms with Gasteiger partial charge >= 0.3 is 0 Å². The fourth-order valence-corrected chi connectivity index (χ4v) is 2.13. The van der Waals surface area contributed by atoms with Gasteiger partial charge in [0, 0.05) is 19.0 Å². The predicted octanol–water partition coefficient (Wildman–Crippen LogP) is 2.35. The molecule has 0 saturated heterocycles. The van der Waals surface area contributed by atoms with E-state index in [9.17, 15) is 4.79 Å². The lowest BCUT2D eigenvalue weighted by Crippen LogP contribution is -2.32. The molecular formula is C15H23ClN2O2. The third-order valence-electron chi connectivity index (χ3n) is 3.41. The number of amides is 1. The molecule has 0 radical (unpaired) electrons. The van der Waals surface area contributed by atoms with Crippen LogP contribution in [-0.4, -0.2) is 30.5 Å². The summed E-state index contributed by atoms with van der Waals surface area (Å²) in [6.07, 6.45) is 3.59. The summed E-state index contributed by atoms with van der Waals surface area (Å²) in [5, 5.41) is 0. The lowest BCUT2D eigenvalue weighted by Gasteiger charge is -2.22. The number of nitrogens with zero attached hydrogens (tertiary/aromatic N) is 1. The van der Waals surface area contributed by atoms with Gasteiger partial charge in [-0.15, -0.1) is 12.4 Å². The van der Waals surface area contributed by atoms with Crippen molar-refractivity contribution in [2.45, 2.75) is 38.3 Å². The van der Waals surface area contributed by atoms with Gasteiger partial charge < -0.3 is 15.4 Å². The van der Waals surface area contributed by atoms with Crippen molar-refractivity contribution in [1.29, 1.82) is 0 Å². The lowest BCUT2D eigenvalue weighted by molar-refractivity contribution is -0.132. The number of carbonyl (C=O) groups is 1. The zero-order valence-corrected chi connectivity index (χ0v) is 12.7. The Kier molecular flexibility index (Phi) is 6.82. The van der Waals surface area contributed by atoms with E-state index in [1.807, 2.05) is 29.2 Å². The number of benzene rings is 1. The van der Waals surface area contributed by atoms with Gasteiger partial charge in [-0.1, -0.05) is 12.1 Å². The number of carbonyl (C=O) groups excluding carboxylic acids is 1. The Balaban J connectivity index is 0.00000200. The average molecular weight is 299 g/mol. The molecule has 1 fully saturated rings. The van der Waals surface area contributed by atoms with E-state index in [2.05, 4.69) is 0 Å². The summed E-state index contributed by atoms with van der Waals surface area (Å²) in [4.78, 5) is 14.2. The van der Waals surface area contributed by atoms with Gasteiger partial charge in [0.1, 0.15) is 5.75 Å². The highest BCUT2D eigenvalue weighted by Gasteiger charge is 2.31. The van der Waals surface area contributed by atoms with Crippen molar-refractivity contribution in [2.75, 3.05) is 13.7 Å². The van der Waals surface area contributed by atoms with Crippen LogP contribution < -0.4 is 10.5 Å². The third kappa shape index (κ3) is 4.69. The fourth-order valence-electron chi connectivity index (χ4n) is 2.13. The smallest absolute Gasteiger partial charge is 0.223 e. The number of methoxy groups -OCH3 is 1. The van der Waals surface area contributed by atoms with Crippen LogP contribution in [0.2, 0.25) is 0 Å². The van der Waals surface area contributed by atoms with Crippen molar-refractivity contribution < 1.29 is 9.53 Å². The summed E-state index contributed by atoms with van der Waals surface area (Å²) < 4.78 is 5.14.